The van der Waals surface area contributed by atoms with Gasteiger partial charge in [-0.15, -0.1) is 11.3 Å². The monoisotopic (exact) mass is 436 g/mol. The number of hydrogen-bond acceptors (Lipinski definition) is 5. The Morgan fingerprint density at radius 3 is 2.32 bits per heavy atom. The van der Waals surface area contributed by atoms with Crippen molar-refractivity contribution in [3.8, 4) is 10.6 Å². The van der Waals surface area contributed by atoms with Gasteiger partial charge >= 0.3 is 0 Å². The van der Waals surface area contributed by atoms with Crippen LogP contribution in [0.4, 0.5) is 0 Å². The number of likely N-dealkylation sites (tertiary alicyclic amines) is 2. The molecule has 0 radical (unpaired) electrons. The maximum absolute atomic E-state index is 13.2. The van der Waals surface area contributed by atoms with E-state index >= 15 is 0 Å². The van der Waals surface area contributed by atoms with Crippen molar-refractivity contribution in [1.29, 1.82) is 0 Å². The minimum atomic E-state index is 0.0163. The third kappa shape index (κ3) is 4.76. The van der Waals surface area contributed by atoms with Gasteiger partial charge in [-0.1, -0.05) is 37.1 Å². The highest BCUT2D eigenvalue weighted by atomic mass is 32.1. The van der Waals surface area contributed by atoms with Crippen molar-refractivity contribution in [2.75, 3.05) is 32.7 Å². The van der Waals surface area contributed by atoms with E-state index in [4.69, 9.17) is 5.10 Å². The molecule has 0 spiro atoms. The van der Waals surface area contributed by atoms with Gasteiger partial charge in [0.15, 0.2) is 0 Å². The van der Waals surface area contributed by atoms with Gasteiger partial charge in [0, 0.05) is 25.0 Å². The van der Waals surface area contributed by atoms with Crippen LogP contribution in [-0.2, 0) is 6.67 Å². The molecular weight excluding hydrogens is 404 g/mol. The van der Waals surface area contributed by atoms with Gasteiger partial charge in [-0.25, -0.2) is 4.68 Å². The SMILES string of the molecule is O=c1c2ccccc2c(-c2cccs2)nn1CN1CCC(CN2CCCCCC2)CC1. The fourth-order valence-corrected chi connectivity index (χ4v) is 5.83. The Labute approximate surface area is 188 Å². The van der Waals surface area contributed by atoms with Gasteiger partial charge in [0.1, 0.15) is 5.69 Å². The van der Waals surface area contributed by atoms with Crippen LogP contribution >= 0.6 is 11.3 Å². The van der Waals surface area contributed by atoms with Gasteiger partial charge in [0.05, 0.1) is 16.9 Å². The van der Waals surface area contributed by atoms with Crippen LogP contribution in [0.2, 0.25) is 0 Å². The molecule has 0 atom stereocenters. The number of thiophene rings is 1. The molecule has 0 aliphatic carbocycles. The number of hydrogen-bond donors (Lipinski definition) is 0. The molecule has 0 N–H and O–H groups in total. The second kappa shape index (κ2) is 9.63. The number of benzene rings is 1. The topological polar surface area (TPSA) is 41.4 Å². The summed E-state index contributed by atoms with van der Waals surface area (Å²) < 4.78 is 1.69. The molecule has 5 rings (SSSR count). The molecule has 6 heteroatoms. The molecule has 0 bridgehead atoms. The predicted molar refractivity (Wildman–Crippen MR) is 129 cm³/mol. The smallest absolute Gasteiger partial charge is 0.275 e. The zero-order valence-electron chi connectivity index (χ0n) is 18.2. The highest BCUT2D eigenvalue weighted by molar-refractivity contribution is 7.13. The third-order valence-electron chi connectivity index (χ3n) is 6.88. The number of nitrogens with zero attached hydrogens (tertiary/aromatic N) is 4. The van der Waals surface area contributed by atoms with E-state index in [9.17, 15) is 4.79 Å². The lowest BCUT2D eigenvalue weighted by Crippen LogP contribution is -2.41. The molecule has 1 aromatic carbocycles. The van der Waals surface area contributed by atoms with Crippen LogP contribution < -0.4 is 5.56 Å². The Bertz CT molecular complexity index is 1050. The zero-order valence-corrected chi connectivity index (χ0v) is 19.0. The van der Waals surface area contributed by atoms with E-state index < -0.39 is 0 Å². The van der Waals surface area contributed by atoms with Gasteiger partial charge in [-0.3, -0.25) is 9.69 Å². The van der Waals surface area contributed by atoms with Crippen molar-refractivity contribution < 1.29 is 0 Å². The molecule has 0 saturated carbocycles. The average molecular weight is 437 g/mol. The van der Waals surface area contributed by atoms with E-state index in [1.165, 1.54) is 58.2 Å². The van der Waals surface area contributed by atoms with Crippen molar-refractivity contribution in [3.63, 3.8) is 0 Å². The summed E-state index contributed by atoms with van der Waals surface area (Å²) in [5, 5.41) is 8.60. The normalized spacial score (nSPS) is 19.6. The first-order chi connectivity index (χ1) is 15.3. The molecule has 4 heterocycles. The molecule has 31 heavy (non-hydrogen) atoms. The Hall–Kier alpha value is -2.02. The van der Waals surface area contributed by atoms with Crippen LogP contribution in [0.25, 0.3) is 21.3 Å². The Balaban J connectivity index is 1.29. The van der Waals surface area contributed by atoms with E-state index in [-0.39, 0.29) is 5.56 Å². The summed E-state index contributed by atoms with van der Waals surface area (Å²) in [4.78, 5) is 19.4. The second-order valence-corrected chi connectivity index (χ2v) is 10.0. The van der Waals surface area contributed by atoms with Crippen LogP contribution in [-0.4, -0.2) is 52.3 Å². The minimum Gasteiger partial charge on any atom is -0.303 e. The zero-order chi connectivity index (χ0) is 21.0. The van der Waals surface area contributed by atoms with Crippen molar-refractivity contribution in [2.24, 2.45) is 5.92 Å². The second-order valence-electron chi connectivity index (χ2n) is 9.09. The maximum atomic E-state index is 13.2. The number of fused-ring (bicyclic) bond motifs is 1. The summed E-state index contributed by atoms with van der Waals surface area (Å²) in [6, 6.07) is 12.0. The lowest BCUT2D eigenvalue weighted by molar-refractivity contribution is 0.115. The molecule has 0 amide bonds. The van der Waals surface area contributed by atoms with E-state index in [2.05, 4.69) is 21.2 Å². The Morgan fingerprint density at radius 1 is 0.871 bits per heavy atom. The van der Waals surface area contributed by atoms with Gasteiger partial charge in [-0.2, -0.15) is 5.10 Å². The van der Waals surface area contributed by atoms with Gasteiger partial charge in [0.25, 0.3) is 5.56 Å². The lowest BCUT2D eigenvalue weighted by Gasteiger charge is -2.34. The van der Waals surface area contributed by atoms with Crippen LogP contribution in [0.5, 0.6) is 0 Å². The molecule has 2 aliphatic heterocycles. The third-order valence-corrected chi connectivity index (χ3v) is 7.76. The first-order valence-electron chi connectivity index (χ1n) is 11.8. The largest absolute Gasteiger partial charge is 0.303 e. The molecule has 0 unspecified atom stereocenters. The highest BCUT2D eigenvalue weighted by Gasteiger charge is 2.23. The van der Waals surface area contributed by atoms with Crippen LogP contribution in [0.1, 0.15) is 38.5 Å². The van der Waals surface area contributed by atoms with Gasteiger partial charge in [0.2, 0.25) is 0 Å². The lowest BCUT2D eigenvalue weighted by atomic mass is 9.96. The summed E-state index contributed by atoms with van der Waals surface area (Å²) in [5.41, 5.74) is 0.934. The minimum absolute atomic E-state index is 0.0163. The number of piperidine rings is 1. The molecule has 2 fully saturated rings. The van der Waals surface area contributed by atoms with E-state index in [1.54, 1.807) is 16.0 Å². The summed E-state index contributed by atoms with van der Waals surface area (Å²) in [7, 11) is 0. The van der Waals surface area contributed by atoms with Crippen molar-refractivity contribution in [1.82, 2.24) is 19.6 Å². The van der Waals surface area contributed by atoms with Crippen LogP contribution in [0, 0.1) is 5.92 Å². The maximum Gasteiger partial charge on any atom is 0.275 e. The summed E-state index contributed by atoms with van der Waals surface area (Å²) in [6.45, 7) is 6.49. The quantitative estimate of drug-likeness (QED) is 0.583. The van der Waals surface area contributed by atoms with Crippen molar-refractivity contribution in [2.45, 2.75) is 45.2 Å². The fraction of sp³-hybridized carbons (Fsp3) is 0.520. The van der Waals surface area contributed by atoms with E-state index in [1.807, 2.05) is 30.3 Å². The summed E-state index contributed by atoms with van der Waals surface area (Å²) in [5.74, 6) is 0.789. The molecule has 2 aromatic heterocycles. The molecule has 2 aliphatic rings. The summed E-state index contributed by atoms with van der Waals surface area (Å²) >= 11 is 1.67. The fourth-order valence-electron chi connectivity index (χ4n) is 5.11. The summed E-state index contributed by atoms with van der Waals surface area (Å²) in [6.07, 6.45) is 7.96. The highest BCUT2D eigenvalue weighted by Crippen LogP contribution is 2.28. The molecule has 2 saturated heterocycles. The van der Waals surface area contributed by atoms with Crippen molar-refractivity contribution >= 4 is 22.1 Å². The Morgan fingerprint density at radius 2 is 1.61 bits per heavy atom. The van der Waals surface area contributed by atoms with Gasteiger partial charge in [-0.05, 0) is 62.2 Å². The van der Waals surface area contributed by atoms with Crippen LogP contribution in [0.3, 0.4) is 0 Å². The molecule has 5 nitrogen and oxygen atoms in total. The Kier molecular flexibility index (Phi) is 6.48. The first-order valence-corrected chi connectivity index (χ1v) is 12.6. The van der Waals surface area contributed by atoms with E-state index in [0.29, 0.717) is 6.67 Å². The predicted octanol–water partition coefficient (Wildman–Crippen LogP) is 4.67. The molecule has 3 aromatic rings. The molecule has 164 valence electrons. The van der Waals surface area contributed by atoms with Gasteiger partial charge < -0.3 is 4.90 Å². The standard InChI is InChI=1S/C25H32N4OS/c30-25-22-9-4-3-8-21(22)24(23-10-7-17-31-23)26-29(25)19-28-15-11-20(12-16-28)18-27-13-5-1-2-6-14-27/h3-4,7-10,17,20H,1-2,5-6,11-16,18-19H2. The molecular formula is C25H32N4OS. The van der Waals surface area contributed by atoms with Crippen molar-refractivity contribution in [3.05, 3.63) is 52.1 Å². The first kappa shape index (κ1) is 20.9. The van der Waals surface area contributed by atoms with E-state index in [0.717, 1.165) is 40.4 Å². The van der Waals surface area contributed by atoms with Crippen LogP contribution in [0.15, 0.2) is 46.6 Å². The number of aromatic nitrogens is 2. The number of rotatable bonds is 5. The average Bonchev–Trinajstić information content (AvgIpc) is 3.22.